The lowest BCUT2D eigenvalue weighted by atomic mass is 9.93. The summed E-state index contributed by atoms with van der Waals surface area (Å²) in [5, 5.41) is 17.0. The van der Waals surface area contributed by atoms with E-state index in [9.17, 15) is 9.90 Å². The molecule has 0 saturated carbocycles. The molecule has 3 heterocycles. The van der Waals surface area contributed by atoms with Gasteiger partial charge in [0.25, 0.3) is 5.91 Å². The summed E-state index contributed by atoms with van der Waals surface area (Å²) in [4.78, 5) is 19.5. The minimum Gasteiger partial charge on any atom is -0.493 e. The highest BCUT2D eigenvalue weighted by Gasteiger charge is 2.19. The monoisotopic (exact) mass is 754 g/mol. The SMILES string of the molecule is CC[C@@H]1CCCCNC(=O)c2cncc(c2)COc2cc(OCc3cccc(-c4cccc(OCCCN5CCC(O)CC5)c4C)c3C)c(Cl)cc2CN1. The van der Waals surface area contributed by atoms with Crippen LogP contribution in [0.4, 0.5) is 0 Å². The number of piperidine rings is 1. The Morgan fingerprint density at radius 3 is 2.57 bits per heavy atom. The van der Waals surface area contributed by atoms with Crippen LogP contribution in [0.25, 0.3) is 11.1 Å². The van der Waals surface area contributed by atoms with Crippen LogP contribution >= 0.6 is 11.6 Å². The van der Waals surface area contributed by atoms with Crippen LogP contribution in [0.15, 0.2) is 67.0 Å². The number of likely N-dealkylation sites (tertiary alicyclic amines) is 1. The first-order valence-corrected chi connectivity index (χ1v) is 19.9. The van der Waals surface area contributed by atoms with Crippen LogP contribution < -0.4 is 24.8 Å². The van der Waals surface area contributed by atoms with Gasteiger partial charge in [-0.3, -0.25) is 9.78 Å². The quantitative estimate of drug-likeness (QED) is 0.139. The zero-order valence-corrected chi connectivity index (χ0v) is 32.7. The maximum absolute atomic E-state index is 12.8. The second kappa shape index (κ2) is 19.4. The Bertz CT molecular complexity index is 1860. The van der Waals surface area contributed by atoms with Crippen LogP contribution in [0.2, 0.25) is 5.02 Å². The number of aromatic nitrogens is 1. The van der Waals surface area contributed by atoms with E-state index in [1.54, 1.807) is 12.4 Å². The molecular formula is C44H55ClN4O5. The van der Waals surface area contributed by atoms with Gasteiger partial charge in [-0.1, -0.05) is 55.3 Å². The Labute approximate surface area is 325 Å². The summed E-state index contributed by atoms with van der Waals surface area (Å²) in [6, 6.07) is 18.5. The molecule has 1 aromatic heterocycles. The number of pyridine rings is 1. The van der Waals surface area contributed by atoms with Gasteiger partial charge in [-0.2, -0.15) is 0 Å². The number of aliphatic hydroxyl groups is 1. The number of carbonyl (C=O) groups is 1. The molecule has 0 unspecified atom stereocenters. The average Bonchev–Trinajstić information content (AvgIpc) is 3.18. The smallest absolute Gasteiger partial charge is 0.252 e. The molecule has 2 aliphatic heterocycles. The molecule has 3 aromatic carbocycles. The van der Waals surface area contributed by atoms with Gasteiger partial charge in [-0.05, 0) is 98.4 Å². The summed E-state index contributed by atoms with van der Waals surface area (Å²) in [6.45, 7) is 11.8. The molecule has 6 rings (SSSR count). The van der Waals surface area contributed by atoms with Gasteiger partial charge in [0.05, 0.1) is 23.3 Å². The third kappa shape index (κ3) is 10.5. The summed E-state index contributed by atoms with van der Waals surface area (Å²) < 4.78 is 19.1. The Morgan fingerprint density at radius 1 is 0.963 bits per heavy atom. The minimum atomic E-state index is -0.150. The predicted molar refractivity (Wildman–Crippen MR) is 215 cm³/mol. The first-order chi connectivity index (χ1) is 26.3. The van der Waals surface area contributed by atoms with Crippen LogP contribution in [-0.2, 0) is 19.8 Å². The van der Waals surface area contributed by atoms with Crippen LogP contribution in [0.1, 0.15) is 90.0 Å². The molecule has 1 amide bonds. The normalized spacial score (nSPS) is 17.6. The molecule has 10 heteroatoms. The van der Waals surface area contributed by atoms with E-state index in [1.807, 2.05) is 24.3 Å². The summed E-state index contributed by atoms with van der Waals surface area (Å²) >= 11 is 6.90. The number of ether oxygens (including phenoxy) is 3. The molecule has 4 aromatic rings. The van der Waals surface area contributed by atoms with Gasteiger partial charge >= 0.3 is 0 Å². The van der Waals surface area contributed by atoms with Gasteiger partial charge < -0.3 is 34.9 Å². The molecule has 54 heavy (non-hydrogen) atoms. The Hall–Kier alpha value is -4.15. The zero-order chi connectivity index (χ0) is 37.9. The number of nitrogens with one attached hydrogen (secondary N) is 2. The molecule has 9 nitrogen and oxygen atoms in total. The van der Waals surface area contributed by atoms with Crippen molar-refractivity contribution in [2.75, 3.05) is 32.8 Å². The first-order valence-electron chi connectivity index (χ1n) is 19.5. The van der Waals surface area contributed by atoms with E-state index in [-0.39, 0.29) is 18.6 Å². The number of hydrogen-bond acceptors (Lipinski definition) is 8. The number of fused-ring (bicyclic) bond motifs is 3. The van der Waals surface area contributed by atoms with E-state index in [1.165, 1.54) is 0 Å². The van der Waals surface area contributed by atoms with Crippen molar-refractivity contribution in [3.63, 3.8) is 0 Å². The number of carbonyl (C=O) groups excluding carboxylic acids is 1. The van der Waals surface area contributed by atoms with Crippen LogP contribution in [0.5, 0.6) is 17.2 Å². The van der Waals surface area contributed by atoms with Gasteiger partial charge in [0.15, 0.2) is 0 Å². The van der Waals surface area contributed by atoms with Crippen molar-refractivity contribution in [2.24, 2.45) is 0 Å². The third-order valence-electron chi connectivity index (χ3n) is 10.7. The van der Waals surface area contributed by atoms with Crippen LogP contribution in [0, 0.1) is 13.8 Å². The zero-order valence-electron chi connectivity index (χ0n) is 32.0. The van der Waals surface area contributed by atoms with E-state index in [4.69, 9.17) is 25.8 Å². The van der Waals surface area contributed by atoms with E-state index < -0.39 is 0 Å². The van der Waals surface area contributed by atoms with Crippen LogP contribution in [0.3, 0.4) is 0 Å². The summed E-state index contributed by atoms with van der Waals surface area (Å²) in [5.41, 5.74) is 7.84. The number of rotatable bonds is 10. The number of amides is 1. The number of hydrogen-bond donors (Lipinski definition) is 3. The maximum Gasteiger partial charge on any atom is 0.252 e. The van der Waals surface area contributed by atoms with E-state index in [0.717, 1.165) is 109 Å². The lowest BCUT2D eigenvalue weighted by molar-refractivity contribution is 0.0800. The van der Waals surface area contributed by atoms with E-state index >= 15 is 0 Å². The second-order valence-electron chi connectivity index (χ2n) is 14.6. The molecule has 1 fully saturated rings. The van der Waals surface area contributed by atoms with Crippen molar-refractivity contribution in [1.82, 2.24) is 20.5 Å². The predicted octanol–water partition coefficient (Wildman–Crippen LogP) is 8.18. The van der Waals surface area contributed by atoms with Crippen molar-refractivity contribution in [3.8, 4) is 28.4 Å². The molecule has 0 radical (unpaired) electrons. The van der Waals surface area contributed by atoms with Gasteiger partial charge in [-0.25, -0.2) is 0 Å². The highest BCUT2D eigenvalue weighted by Crippen LogP contribution is 2.36. The van der Waals surface area contributed by atoms with Crippen LogP contribution in [-0.4, -0.2) is 65.8 Å². The third-order valence-corrected chi connectivity index (χ3v) is 11.0. The lowest BCUT2D eigenvalue weighted by Gasteiger charge is -2.29. The Kier molecular flexibility index (Phi) is 14.2. The fraction of sp³-hybridized carbons (Fsp3) is 0.455. The summed E-state index contributed by atoms with van der Waals surface area (Å²) in [7, 11) is 0. The Balaban J connectivity index is 1.16. The lowest BCUT2D eigenvalue weighted by Crippen LogP contribution is -2.36. The number of halogens is 1. The fourth-order valence-electron chi connectivity index (χ4n) is 7.30. The van der Waals surface area contributed by atoms with Crippen molar-refractivity contribution >= 4 is 17.5 Å². The minimum absolute atomic E-state index is 0.123. The van der Waals surface area contributed by atoms with Crippen molar-refractivity contribution in [1.29, 1.82) is 0 Å². The molecule has 0 spiro atoms. The highest BCUT2D eigenvalue weighted by atomic mass is 35.5. The topological polar surface area (TPSA) is 105 Å². The van der Waals surface area contributed by atoms with Gasteiger partial charge in [0, 0.05) is 68.4 Å². The van der Waals surface area contributed by atoms with E-state index in [0.29, 0.717) is 54.4 Å². The number of benzene rings is 3. The molecule has 2 aliphatic rings. The molecule has 0 aliphatic carbocycles. The van der Waals surface area contributed by atoms with E-state index in [2.05, 4.69) is 71.6 Å². The highest BCUT2D eigenvalue weighted by molar-refractivity contribution is 6.32. The van der Waals surface area contributed by atoms with Crippen molar-refractivity contribution in [3.05, 3.63) is 105 Å². The summed E-state index contributed by atoms with van der Waals surface area (Å²) in [5.74, 6) is 1.99. The van der Waals surface area contributed by atoms with Gasteiger partial charge in [0.1, 0.15) is 30.5 Å². The van der Waals surface area contributed by atoms with Gasteiger partial charge in [0.2, 0.25) is 0 Å². The Morgan fingerprint density at radius 2 is 1.76 bits per heavy atom. The van der Waals surface area contributed by atoms with Gasteiger partial charge in [-0.15, -0.1) is 0 Å². The molecule has 1 atom stereocenters. The summed E-state index contributed by atoms with van der Waals surface area (Å²) in [6.07, 6.45) is 9.75. The number of aliphatic hydroxyl groups excluding tert-OH is 1. The molecule has 1 saturated heterocycles. The second-order valence-corrected chi connectivity index (χ2v) is 15.0. The largest absolute Gasteiger partial charge is 0.493 e. The maximum atomic E-state index is 12.8. The molecular weight excluding hydrogens is 700 g/mol. The fourth-order valence-corrected chi connectivity index (χ4v) is 7.54. The average molecular weight is 755 g/mol. The first kappa shape index (κ1) is 39.5. The number of nitrogens with zero attached hydrogens (tertiary/aromatic N) is 2. The molecule has 3 N–H and O–H groups in total. The molecule has 2 bridgehead atoms. The van der Waals surface area contributed by atoms with Crippen molar-refractivity contribution < 1.29 is 24.1 Å². The standard InChI is InChI=1S/C44H55ClN4O5/c1-4-36-11-5-6-17-47-44(51)35-22-32(25-46-26-35)28-53-42-24-43(40(45)23-34(42)27-48-36)54-29-33-10-7-12-38(30(33)2)39-13-8-14-41(31(39)3)52-21-9-18-49-19-15-37(50)16-20-49/h7-8,10,12-14,22-26,36-37,48,50H,4-6,9,11,15-21,27-29H2,1-3H3,(H,47,51)/t36-/m1/s1. The molecule has 288 valence electrons. The van der Waals surface area contributed by atoms with Crippen molar-refractivity contribution in [2.45, 2.75) is 97.6 Å².